The third-order valence-electron chi connectivity index (χ3n) is 11.0. The maximum absolute atomic E-state index is 12.9. The highest BCUT2D eigenvalue weighted by atomic mass is 31.2. The highest BCUT2D eigenvalue weighted by Crippen LogP contribution is 2.43. The fourth-order valence-electron chi connectivity index (χ4n) is 6.83. The zero-order valence-corrected chi connectivity index (χ0v) is 46.9. The number of carbonyl (C=O) groups is 3. The van der Waals surface area contributed by atoms with Crippen LogP contribution in [-0.2, 0) is 42.2 Å². The van der Waals surface area contributed by atoms with E-state index in [1.54, 1.807) is 0 Å². The number of carbonyl (C=O) groups excluding carboxylic acids is 3. The number of esters is 3. The molecule has 0 saturated heterocycles. The molecule has 74 heavy (non-hydrogen) atoms. The van der Waals surface area contributed by atoms with Gasteiger partial charge in [0, 0.05) is 19.3 Å². The molecule has 0 aromatic heterocycles. The molecule has 0 aromatic carbocycles. The predicted molar refractivity (Wildman–Crippen MR) is 306 cm³/mol. The van der Waals surface area contributed by atoms with Crippen LogP contribution >= 0.6 is 7.82 Å². The van der Waals surface area contributed by atoms with Gasteiger partial charge in [0.2, 0.25) is 0 Å². The third kappa shape index (κ3) is 52.5. The lowest BCUT2D eigenvalue weighted by Gasteiger charge is -2.21. The Bertz CT molecular complexity index is 1750. The Kier molecular flexibility index (Phi) is 51.6. The molecule has 0 radical (unpaired) electrons. The highest BCUT2D eigenvalue weighted by molar-refractivity contribution is 7.47. The van der Waals surface area contributed by atoms with Gasteiger partial charge in [-0.2, -0.15) is 0 Å². The fourth-order valence-corrected chi connectivity index (χ4v) is 7.62. The summed E-state index contributed by atoms with van der Waals surface area (Å²) in [5.74, 6) is -1.63. The Morgan fingerprint density at radius 3 is 1.15 bits per heavy atom. The van der Waals surface area contributed by atoms with Gasteiger partial charge < -0.3 is 24.2 Å². The highest BCUT2D eigenvalue weighted by Gasteiger charge is 2.28. The molecule has 0 aromatic rings. The van der Waals surface area contributed by atoms with Gasteiger partial charge in [0.15, 0.2) is 6.10 Å². The molecule has 3 unspecified atom stereocenters. The summed E-state index contributed by atoms with van der Waals surface area (Å²) in [5.41, 5.74) is 0. The summed E-state index contributed by atoms with van der Waals surface area (Å²) < 4.78 is 39.3. The molecule has 0 aliphatic rings. The molecule has 0 heterocycles. The van der Waals surface area contributed by atoms with Crippen LogP contribution in [0.3, 0.4) is 0 Å². The van der Waals surface area contributed by atoms with Crippen molar-refractivity contribution in [2.24, 2.45) is 0 Å². The molecular weight excluding hydrogens is 952 g/mol. The number of phosphoric acid groups is 1. The monoisotopic (exact) mass is 1050 g/mol. The molecule has 2 N–H and O–H groups in total. The van der Waals surface area contributed by atoms with E-state index in [-0.39, 0.29) is 19.3 Å². The number of allylic oxidation sites excluding steroid dienone is 22. The van der Waals surface area contributed by atoms with E-state index >= 15 is 0 Å². The first-order chi connectivity index (χ1) is 36.2. The average Bonchev–Trinajstić information content (AvgIpc) is 3.39. The first-order valence-electron chi connectivity index (χ1n) is 28.1. The Hall–Kier alpha value is -4.38. The van der Waals surface area contributed by atoms with Gasteiger partial charge in [-0.15, -0.1) is 0 Å². The van der Waals surface area contributed by atoms with E-state index in [0.717, 1.165) is 103 Å². The van der Waals surface area contributed by atoms with Crippen molar-refractivity contribution in [2.45, 2.75) is 213 Å². The first kappa shape index (κ1) is 69.6. The van der Waals surface area contributed by atoms with Gasteiger partial charge in [0.1, 0.15) is 12.7 Å². The van der Waals surface area contributed by atoms with Gasteiger partial charge in [-0.05, 0) is 122 Å². The second-order valence-electron chi connectivity index (χ2n) is 18.0. The summed E-state index contributed by atoms with van der Waals surface area (Å²) in [6, 6.07) is 0. The largest absolute Gasteiger partial charge is 0.472 e. The van der Waals surface area contributed by atoms with E-state index in [9.17, 15) is 28.9 Å². The molecule has 11 nitrogen and oxygen atoms in total. The molecular formula is C62H99O11P. The summed E-state index contributed by atoms with van der Waals surface area (Å²) in [6.45, 7) is 4.23. The van der Waals surface area contributed by atoms with Crippen molar-refractivity contribution >= 4 is 25.7 Å². The lowest BCUT2D eigenvalue weighted by molar-refractivity contribution is -0.161. The zero-order valence-electron chi connectivity index (χ0n) is 46.0. The molecule has 0 aliphatic heterocycles. The van der Waals surface area contributed by atoms with Crippen LogP contribution in [0.1, 0.15) is 201 Å². The number of aliphatic hydroxyl groups is 1. The smallest absolute Gasteiger partial charge is 0.462 e. The minimum absolute atomic E-state index is 0.0692. The molecule has 0 amide bonds. The van der Waals surface area contributed by atoms with Gasteiger partial charge in [0.25, 0.3) is 0 Å². The second-order valence-corrected chi connectivity index (χ2v) is 19.4. The molecule has 0 fully saturated rings. The first-order valence-corrected chi connectivity index (χ1v) is 29.6. The van der Waals surface area contributed by atoms with Gasteiger partial charge >= 0.3 is 25.7 Å². The normalized spacial score (nSPS) is 14.4. The fraction of sp³-hybridized carbons (Fsp3) is 0.597. The molecule has 0 aliphatic carbocycles. The molecule has 418 valence electrons. The topological polar surface area (TPSA) is 155 Å². The van der Waals surface area contributed by atoms with Crippen molar-refractivity contribution in [1.82, 2.24) is 0 Å². The number of hydrogen-bond acceptors (Lipinski definition) is 10. The minimum Gasteiger partial charge on any atom is -0.462 e. The van der Waals surface area contributed by atoms with Crippen LogP contribution < -0.4 is 0 Å². The molecule has 0 rings (SSSR count). The van der Waals surface area contributed by atoms with Crippen LogP contribution in [0, 0.1) is 0 Å². The van der Waals surface area contributed by atoms with Gasteiger partial charge in [-0.1, -0.05) is 193 Å². The van der Waals surface area contributed by atoms with Crippen molar-refractivity contribution in [2.75, 3.05) is 26.4 Å². The molecule has 0 saturated carbocycles. The number of hydrogen-bond donors (Lipinski definition) is 2. The van der Waals surface area contributed by atoms with Crippen molar-refractivity contribution < 1.29 is 52.2 Å². The number of phosphoric ester groups is 1. The van der Waals surface area contributed by atoms with E-state index in [4.69, 9.17) is 23.3 Å². The summed E-state index contributed by atoms with van der Waals surface area (Å²) in [7, 11) is -4.78. The average molecular weight is 1050 g/mol. The van der Waals surface area contributed by atoms with Crippen LogP contribution in [-0.4, -0.2) is 66.5 Å². The van der Waals surface area contributed by atoms with Crippen LogP contribution in [0.4, 0.5) is 0 Å². The Morgan fingerprint density at radius 2 is 0.716 bits per heavy atom. The Balaban J connectivity index is 4.94. The summed E-state index contributed by atoms with van der Waals surface area (Å²) in [5, 5.41) is 9.80. The minimum atomic E-state index is -4.78. The van der Waals surface area contributed by atoms with Crippen molar-refractivity contribution in [1.29, 1.82) is 0 Å². The van der Waals surface area contributed by atoms with Crippen LogP contribution in [0.25, 0.3) is 0 Å². The molecule has 12 heteroatoms. The number of unbranched alkanes of at least 4 members (excludes halogenated alkanes) is 11. The van der Waals surface area contributed by atoms with Crippen molar-refractivity contribution in [3.63, 3.8) is 0 Å². The van der Waals surface area contributed by atoms with E-state index in [2.05, 4.69) is 130 Å². The number of rotatable bonds is 50. The maximum atomic E-state index is 12.9. The SMILES string of the molecule is CC/C=C\C/C=C\C/C=C\C/C=C\C/C=C\CCCC(=O)OCC(COP(=O)(O)OCC(CO)OC(=O)CCCCCCC/C=C\CCCCCC)OC(=O)CCC/C=C\C/C=C\C/C=C\C/C=C\C/C=C\CC. The quantitative estimate of drug-likeness (QED) is 0.0197. The van der Waals surface area contributed by atoms with E-state index in [1.807, 2.05) is 24.3 Å². The van der Waals surface area contributed by atoms with Gasteiger partial charge in [-0.25, -0.2) is 4.57 Å². The maximum Gasteiger partial charge on any atom is 0.472 e. The van der Waals surface area contributed by atoms with Crippen molar-refractivity contribution in [3.05, 3.63) is 134 Å². The lowest BCUT2D eigenvalue weighted by atomic mass is 10.1. The summed E-state index contributed by atoms with van der Waals surface area (Å²) in [6.07, 6.45) is 68.6. The van der Waals surface area contributed by atoms with Gasteiger partial charge in [0.05, 0.1) is 19.8 Å². The summed E-state index contributed by atoms with van der Waals surface area (Å²) >= 11 is 0. The standard InChI is InChI=1S/C62H99O11P/c1-4-7-10-13-16-19-22-25-27-29-31-34-36-39-42-45-48-51-60(64)69-55-59(73-62(66)53-50-47-44-41-38-35-32-30-28-26-23-20-17-14-11-8-5-2)57-71-74(67,68)70-56-58(54-63)72-61(65)52-49-46-43-40-37-33-24-21-18-15-12-9-6-3/h7-8,10-11,16-17,19-21,24-28,31-32,34-35,39,41-42,44,58-59,63H,4-6,9,12-15,18,22-23,29-30,33,36-38,40,43,45-57H2,1-3H3,(H,67,68)/b10-7-,11-8-,19-16-,20-17-,24-21-,27-25-,28-26-,34-31-,35-32-,42-39-,44-41-. The van der Waals surface area contributed by atoms with Crippen molar-refractivity contribution in [3.8, 4) is 0 Å². The Labute approximate surface area is 449 Å². The third-order valence-corrected chi connectivity index (χ3v) is 12.0. The number of ether oxygens (including phenoxy) is 3. The van der Waals surface area contributed by atoms with E-state index in [0.29, 0.717) is 32.1 Å². The lowest BCUT2D eigenvalue weighted by Crippen LogP contribution is -2.30. The van der Waals surface area contributed by atoms with E-state index < -0.39 is 64.4 Å². The van der Waals surface area contributed by atoms with Crippen LogP contribution in [0.2, 0.25) is 0 Å². The zero-order chi connectivity index (χ0) is 54.1. The second kappa shape index (κ2) is 54.9. The van der Waals surface area contributed by atoms with Crippen LogP contribution in [0.15, 0.2) is 134 Å². The number of aliphatic hydroxyl groups excluding tert-OH is 1. The van der Waals surface area contributed by atoms with Gasteiger partial charge in [-0.3, -0.25) is 23.4 Å². The molecule has 3 atom stereocenters. The van der Waals surface area contributed by atoms with E-state index in [1.165, 1.54) is 25.7 Å². The summed E-state index contributed by atoms with van der Waals surface area (Å²) in [4.78, 5) is 48.5. The molecule has 0 bridgehead atoms. The predicted octanol–water partition coefficient (Wildman–Crippen LogP) is 16.6. The Morgan fingerprint density at radius 1 is 0.392 bits per heavy atom. The molecule has 0 spiro atoms. The van der Waals surface area contributed by atoms with Crippen LogP contribution in [0.5, 0.6) is 0 Å².